The highest BCUT2D eigenvalue weighted by molar-refractivity contribution is 5.74. The number of carboxylic acid groups (broad SMARTS) is 2. The first kappa shape index (κ1) is 13.7. The number of aliphatic hydroxyl groups is 1. The summed E-state index contributed by atoms with van der Waals surface area (Å²) in [6.07, 6.45) is -0.730. The van der Waals surface area contributed by atoms with Crippen LogP contribution in [0.15, 0.2) is 0 Å². The number of piperidine rings is 1. The number of carbonyl (C=O) groups is 2. The minimum Gasteiger partial charge on any atom is -0.480 e. The lowest BCUT2D eigenvalue weighted by Crippen LogP contribution is -2.55. The second-order valence-electron chi connectivity index (χ2n) is 3.99. The van der Waals surface area contributed by atoms with Crippen LogP contribution in [0.2, 0.25) is 0 Å². The molecule has 0 aromatic carbocycles. The summed E-state index contributed by atoms with van der Waals surface area (Å²) in [6, 6.07) is -1.25. The highest BCUT2D eigenvalue weighted by atomic mass is 16.4. The van der Waals surface area contributed by atoms with Gasteiger partial charge in [0.05, 0.1) is 12.6 Å². The first-order valence-corrected chi connectivity index (χ1v) is 5.33. The molecule has 1 aliphatic heterocycles. The van der Waals surface area contributed by atoms with Crippen LogP contribution in [-0.2, 0) is 4.79 Å². The van der Waals surface area contributed by atoms with E-state index in [0.29, 0.717) is 25.9 Å². The fraction of sp³-hybridized carbons (Fsp3) is 0.778. The Balaban J connectivity index is 2.60. The zero-order valence-corrected chi connectivity index (χ0v) is 9.32. The molecule has 0 aromatic heterocycles. The van der Waals surface area contributed by atoms with Crippen molar-refractivity contribution in [2.75, 3.05) is 19.6 Å². The molecule has 17 heavy (non-hydrogen) atoms. The Morgan fingerprint density at radius 3 is 2.29 bits per heavy atom. The highest BCUT2D eigenvalue weighted by Crippen LogP contribution is 2.13. The molecular weight excluding hydrogens is 230 g/mol. The van der Waals surface area contributed by atoms with E-state index in [1.807, 2.05) is 0 Å². The average Bonchev–Trinajstić information content (AvgIpc) is 2.26. The number of rotatable bonds is 4. The number of hydrazine groups is 1. The molecule has 8 nitrogen and oxygen atoms in total. The van der Waals surface area contributed by atoms with Gasteiger partial charge < -0.3 is 21.1 Å². The molecule has 0 aromatic rings. The number of carboxylic acids is 1. The Hall–Kier alpha value is -1.38. The van der Waals surface area contributed by atoms with Crippen molar-refractivity contribution < 1.29 is 24.9 Å². The maximum Gasteiger partial charge on any atom is 0.422 e. The zero-order chi connectivity index (χ0) is 13.0. The molecule has 1 rings (SSSR count). The van der Waals surface area contributed by atoms with Crippen LogP contribution in [0.3, 0.4) is 0 Å². The van der Waals surface area contributed by atoms with Gasteiger partial charge in [-0.25, -0.2) is 14.8 Å². The van der Waals surface area contributed by atoms with E-state index in [9.17, 15) is 14.7 Å². The third-order valence-corrected chi connectivity index (χ3v) is 2.69. The van der Waals surface area contributed by atoms with Crippen molar-refractivity contribution in [3.05, 3.63) is 0 Å². The first-order valence-electron chi connectivity index (χ1n) is 5.33. The smallest absolute Gasteiger partial charge is 0.422 e. The molecule has 0 bridgehead atoms. The minimum atomic E-state index is -1.25. The van der Waals surface area contributed by atoms with Gasteiger partial charge in [-0.15, -0.1) is 0 Å². The van der Waals surface area contributed by atoms with Gasteiger partial charge in [-0.1, -0.05) is 0 Å². The predicted octanol–water partition coefficient (Wildman–Crippen LogP) is -1.25. The van der Waals surface area contributed by atoms with E-state index in [4.69, 9.17) is 15.9 Å². The Morgan fingerprint density at radius 2 is 1.88 bits per heavy atom. The molecule has 1 unspecified atom stereocenters. The van der Waals surface area contributed by atoms with Crippen LogP contribution < -0.4 is 5.73 Å². The Labute approximate surface area is 98.2 Å². The normalized spacial score (nSPS) is 19.9. The van der Waals surface area contributed by atoms with Crippen molar-refractivity contribution in [1.29, 1.82) is 0 Å². The molecule has 1 amide bonds. The second-order valence-corrected chi connectivity index (χ2v) is 3.99. The van der Waals surface area contributed by atoms with Crippen molar-refractivity contribution in [3.63, 3.8) is 0 Å². The standard InChI is InChI=1S/C9H17N3O5/c10-7(8(14)15)5-12(9(16)17)11-3-1-6(13)2-4-11/h6-7,13H,1-5,10H2,(H,14,15)(H,16,17). The predicted molar refractivity (Wildman–Crippen MR) is 57.2 cm³/mol. The van der Waals surface area contributed by atoms with Crippen LogP contribution in [0.4, 0.5) is 4.79 Å². The topological polar surface area (TPSA) is 127 Å². The summed E-state index contributed by atoms with van der Waals surface area (Å²) in [5, 5.41) is 29.4. The van der Waals surface area contributed by atoms with Crippen LogP contribution in [0.25, 0.3) is 0 Å². The Bertz CT molecular complexity index is 290. The molecule has 1 fully saturated rings. The van der Waals surface area contributed by atoms with Crippen molar-refractivity contribution in [1.82, 2.24) is 10.0 Å². The van der Waals surface area contributed by atoms with Crippen LogP contribution in [0.1, 0.15) is 12.8 Å². The molecule has 0 saturated carbocycles. The van der Waals surface area contributed by atoms with Gasteiger partial charge in [0, 0.05) is 13.1 Å². The van der Waals surface area contributed by atoms with Gasteiger partial charge in [0.25, 0.3) is 0 Å². The van der Waals surface area contributed by atoms with E-state index in [1.165, 1.54) is 5.01 Å². The number of hydrogen-bond donors (Lipinski definition) is 4. The Morgan fingerprint density at radius 1 is 1.35 bits per heavy atom. The third kappa shape index (κ3) is 3.84. The van der Waals surface area contributed by atoms with E-state index >= 15 is 0 Å². The second kappa shape index (κ2) is 5.80. The lowest BCUT2D eigenvalue weighted by atomic mass is 10.1. The lowest BCUT2D eigenvalue weighted by Gasteiger charge is -2.37. The van der Waals surface area contributed by atoms with Crippen LogP contribution in [-0.4, -0.2) is 69.2 Å². The lowest BCUT2D eigenvalue weighted by molar-refractivity contribution is -0.140. The molecule has 0 radical (unpaired) electrons. The third-order valence-electron chi connectivity index (χ3n) is 2.69. The van der Waals surface area contributed by atoms with E-state index < -0.39 is 24.2 Å². The fourth-order valence-corrected chi connectivity index (χ4v) is 1.67. The Kier molecular flexibility index (Phi) is 4.67. The molecule has 1 saturated heterocycles. The summed E-state index contributed by atoms with van der Waals surface area (Å²) in [4.78, 5) is 21.6. The number of nitrogens with two attached hydrogens (primary N) is 1. The van der Waals surface area contributed by atoms with Gasteiger partial charge in [-0.05, 0) is 12.8 Å². The summed E-state index contributed by atoms with van der Waals surface area (Å²) in [5.41, 5.74) is 5.31. The van der Waals surface area contributed by atoms with Crippen molar-refractivity contribution in [2.24, 2.45) is 5.73 Å². The van der Waals surface area contributed by atoms with E-state index in [-0.39, 0.29) is 6.54 Å². The molecule has 8 heteroatoms. The quantitative estimate of drug-likeness (QED) is 0.488. The molecule has 1 heterocycles. The van der Waals surface area contributed by atoms with Crippen LogP contribution in [0.5, 0.6) is 0 Å². The van der Waals surface area contributed by atoms with Gasteiger partial charge >= 0.3 is 12.1 Å². The fourth-order valence-electron chi connectivity index (χ4n) is 1.67. The molecule has 98 valence electrons. The van der Waals surface area contributed by atoms with Crippen molar-refractivity contribution in [3.8, 4) is 0 Å². The van der Waals surface area contributed by atoms with Gasteiger partial charge in [0.2, 0.25) is 0 Å². The number of aliphatic hydroxyl groups excluding tert-OH is 1. The maximum absolute atomic E-state index is 11.0. The number of nitrogens with zero attached hydrogens (tertiary/aromatic N) is 2. The zero-order valence-electron chi connectivity index (χ0n) is 9.32. The van der Waals surface area contributed by atoms with E-state index in [2.05, 4.69) is 0 Å². The minimum absolute atomic E-state index is 0.291. The molecule has 0 aliphatic carbocycles. The van der Waals surface area contributed by atoms with Gasteiger partial charge in [-0.2, -0.15) is 0 Å². The van der Waals surface area contributed by atoms with Crippen LogP contribution >= 0.6 is 0 Å². The number of amides is 1. The van der Waals surface area contributed by atoms with Gasteiger partial charge in [-0.3, -0.25) is 4.79 Å². The summed E-state index contributed by atoms with van der Waals surface area (Å²) in [7, 11) is 0. The molecule has 0 spiro atoms. The van der Waals surface area contributed by atoms with Gasteiger partial charge in [0.1, 0.15) is 6.04 Å². The van der Waals surface area contributed by atoms with E-state index in [0.717, 1.165) is 5.01 Å². The largest absolute Gasteiger partial charge is 0.480 e. The van der Waals surface area contributed by atoms with E-state index in [1.54, 1.807) is 0 Å². The summed E-state index contributed by atoms with van der Waals surface area (Å²) in [6.45, 7) is 0.459. The van der Waals surface area contributed by atoms with Crippen molar-refractivity contribution >= 4 is 12.1 Å². The summed E-state index contributed by atoms with van der Waals surface area (Å²) in [5.74, 6) is -1.24. The first-order chi connectivity index (χ1) is 7.91. The summed E-state index contributed by atoms with van der Waals surface area (Å²) >= 11 is 0. The highest BCUT2D eigenvalue weighted by Gasteiger charge is 2.28. The monoisotopic (exact) mass is 247 g/mol. The number of aliphatic carboxylic acids is 1. The van der Waals surface area contributed by atoms with Crippen molar-refractivity contribution in [2.45, 2.75) is 25.0 Å². The molecule has 1 atom stereocenters. The summed E-state index contributed by atoms with van der Waals surface area (Å²) < 4.78 is 0. The SMILES string of the molecule is NC(CN(C(=O)O)N1CCC(O)CC1)C(=O)O. The molecule has 1 aliphatic rings. The maximum atomic E-state index is 11.0. The molecule has 5 N–H and O–H groups in total. The number of hydrogen-bond acceptors (Lipinski definition) is 5. The van der Waals surface area contributed by atoms with Crippen LogP contribution in [0, 0.1) is 0 Å². The molecular formula is C9H17N3O5. The van der Waals surface area contributed by atoms with Gasteiger partial charge in [0.15, 0.2) is 0 Å². The average molecular weight is 247 g/mol.